The van der Waals surface area contributed by atoms with Gasteiger partial charge in [-0.2, -0.15) is 0 Å². The maximum Gasteiger partial charge on any atom is 0.410 e. The van der Waals surface area contributed by atoms with Crippen molar-refractivity contribution in [1.29, 1.82) is 0 Å². The average Bonchev–Trinajstić information content (AvgIpc) is 3.23. The zero-order valence-corrected chi connectivity index (χ0v) is 22.8. The second-order valence-corrected chi connectivity index (χ2v) is 11.1. The number of carbonyl (C=O) groups is 1. The van der Waals surface area contributed by atoms with Crippen LogP contribution in [0.1, 0.15) is 34.6 Å². The Kier molecular flexibility index (Phi) is 6.89. The van der Waals surface area contributed by atoms with Gasteiger partial charge in [0.25, 0.3) is 0 Å². The fourth-order valence-corrected chi connectivity index (χ4v) is 5.17. The van der Waals surface area contributed by atoms with Crippen LogP contribution in [-0.4, -0.2) is 87.6 Å². The number of nitrogens with zero attached hydrogens (tertiary/aromatic N) is 7. The molecule has 0 N–H and O–H groups in total. The Morgan fingerprint density at radius 3 is 2.62 bits per heavy atom. The van der Waals surface area contributed by atoms with E-state index >= 15 is 0 Å². The van der Waals surface area contributed by atoms with Crippen molar-refractivity contribution in [1.82, 2.24) is 24.4 Å². The number of piperazine rings is 1. The van der Waals surface area contributed by atoms with Crippen molar-refractivity contribution in [3.05, 3.63) is 35.9 Å². The predicted octanol–water partition coefficient (Wildman–Crippen LogP) is 4.14. The van der Waals surface area contributed by atoms with Gasteiger partial charge in [-0.05, 0) is 40.7 Å². The maximum atomic E-state index is 12.7. The molecule has 37 heavy (non-hydrogen) atoms. The van der Waals surface area contributed by atoms with E-state index in [1.54, 1.807) is 23.5 Å². The van der Waals surface area contributed by atoms with E-state index in [2.05, 4.69) is 34.8 Å². The Labute approximate surface area is 222 Å². The first-order valence-electron chi connectivity index (χ1n) is 12.7. The van der Waals surface area contributed by atoms with E-state index in [1.165, 1.54) is 0 Å². The number of pyridine rings is 1. The molecule has 3 aromatic heterocycles. The molecule has 0 radical (unpaired) electrons. The second kappa shape index (κ2) is 9.98. The number of anilines is 2. The van der Waals surface area contributed by atoms with Gasteiger partial charge in [0.15, 0.2) is 5.65 Å². The van der Waals surface area contributed by atoms with E-state index in [9.17, 15) is 4.79 Å². The summed E-state index contributed by atoms with van der Waals surface area (Å²) in [4.78, 5) is 33.1. The summed E-state index contributed by atoms with van der Waals surface area (Å²) in [5, 5.41) is 1.56. The molecule has 0 aromatic carbocycles. The van der Waals surface area contributed by atoms with Crippen molar-refractivity contribution >= 4 is 40.2 Å². The Morgan fingerprint density at radius 2 is 1.92 bits per heavy atom. The highest BCUT2D eigenvalue weighted by molar-refractivity contribution is 6.30. The van der Waals surface area contributed by atoms with E-state index in [-0.39, 0.29) is 18.2 Å². The summed E-state index contributed by atoms with van der Waals surface area (Å²) in [5.41, 5.74) is 1.26. The molecule has 2 fully saturated rings. The molecule has 10 nitrogen and oxygen atoms in total. The lowest BCUT2D eigenvalue weighted by atomic mass is 10.1. The number of hydrogen-bond acceptors (Lipinski definition) is 8. The van der Waals surface area contributed by atoms with Gasteiger partial charge >= 0.3 is 6.09 Å². The molecule has 5 rings (SSSR count). The van der Waals surface area contributed by atoms with Crippen LogP contribution in [0.15, 0.2) is 30.9 Å². The lowest BCUT2D eigenvalue weighted by Gasteiger charge is -2.41. The molecule has 0 bridgehead atoms. The lowest BCUT2D eigenvalue weighted by molar-refractivity contribution is 0.0218. The van der Waals surface area contributed by atoms with Gasteiger partial charge < -0.3 is 24.2 Å². The third-order valence-electron chi connectivity index (χ3n) is 6.73. The van der Waals surface area contributed by atoms with Crippen molar-refractivity contribution in [3.8, 4) is 5.82 Å². The van der Waals surface area contributed by atoms with Crippen LogP contribution in [0.3, 0.4) is 0 Å². The van der Waals surface area contributed by atoms with Crippen LogP contribution in [0.2, 0.25) is 5.02 Å². The zero-order chi connectivity index (χ0) is 26.3. The van der Waals surface area contributed by atoms with E-state index in [0.717, 1.165) is 29.1 Å². The van der Waals surface area contributed by atoms with E-state index in [0.29, 0.717) is 43.7 Å². The largest absolute Gasteiger partial charge is 0.444 e. The Balaban J connectivity index is 1.56. The number of morpholine rings is 1. The molecule has 0 saturated carbocycles. The number of rotatable bonds is 3. The molecule has 1 amide bonds. The molecule has 11 heteroatoms. The highest BCUT2D eigenvalue weighted by atomic mass is 35.5. The van der Waals surface area contributed by atoms with Crippen LogP contribution in [0.5, 0.6) is 0 Å². The monoisotopic (exact) mass is 527 g/mol. The van der Waals surface area contributed by atoms with E-state index in [4.69, 9.17) is 31.0 Å². The first kappa shape index (κ1) is 25.5. The fourth-order valence-electron chi connectivity index (χ4n) is 5.01. The minimum Gasteiger partial charge on any atom is -0.444 e. The number of aromatic nitrogens is 4. The molecular weight excluding hydrogens is 494 g/mol. The molecular formula is C26H34ClN7O3. The smallest absolute Gasteiger partial charge is 0.410 e. The van der Waals surface area contributed by atoms with Crippen LogP contribution >= 0.6 is 11.6 Å². The number of amides is 1. The van der Waals surface area contributed by atoms with Gasteiger partial charge in [-0.3, -0.25) is 4.57 Å². The van der Waals surface area contributed by atoms with Gasteiger partial charge in [-0.15, -0.1) is 0 Å². The summed E-state index contributed by atoms with van der Waals surface area (Å²) < 4.78 is 13.3. The van der Waals surface area contributed by atoms with Gasteiger partial charge in [0.05, 0.1) is 24.3 Å². The topological polar surface area (TPSA) is 88.9 Å². The van der Waals surface area contributed by atoms with Crippen LogP contribution in [-0.2, 0) is 9.47 Å². The van der Waals surface area contributed by atoms with Crippen LogP contribution in [0, 0.1) is 0 Å². The number of hydrogen-bond donors (Lipinski definition) is 0. The van der Waals surface area contributed by atoms with Crippen LogP contribution in [0.4, 0.5) is 16.3 Å². The normalized spacial score (nSPS) is 21.0. The highest BCUT2D eigenvalue weighted by Crippen LogP contribution is 2.38. The van der Waals surface area contributed by atoms with E-state index < -0.39 is 5.60 Å². The molecule has 2 aliphatic heterocycles. The maximum absolute atomic E-state index is 12.7. The molecule has 2 unspecified atom stereocenters. The van der Waals surface area contributed by atoms with Crippen LogP contribution < -0.4 is 9.80 Å². The molecule has 2 aliphatic rings. The molecule has 5 heterocycles. The third-order valence-corrected chi connectivity index (χ3v) is 6.96. The third kappa shape index (κ3) is 5.17. The van der Waals surface area contributed by atoms with Gasteiger partial charge in [0.1, 0.15) is 23.6 Å². The number of halogens is 1. The summed E-state index contributed by atoms with van der Waals surface area (Å²) in [6.45, 7) is 13.7. The molecule has 2 atom stereocenters. The number of carbonyl (C=O) groups excluding carboxylic acids is 1. The van der Waals surface area contributed by atoms with Crippen molar-refractivity contribution in [2.24, 2.45) is 0 Å². The number of fused-ring (bicyclic) bond motifs is 1. The molecule has 0 aliphatic carbocycles. The zero-order valence-electron chi connectivity index (χ0n) is 22.0. The van der Waals surface area contributed by atoms with Gasteiger partial charge in [0.2, 0.25) is 0 Å². The van der Waals surface area contributed by atoms with Crippen LogP contribution in [0.25, 0.3) is 16.9 Å². The Morgan fingerprint density at radius 1 is 1.11 bits per heavy atom. The van der Waals surface area contributed by atoms with Gasteiger partial charge in [-0.1, -0.05) is 11.6 Å². The summed E-state index contributed by atoms with van der Waals surface area (Å²) >= 11 is 6.31. The molecule has 198 valence electrons. The minimum atomic E-state index is -0.530. The second-order valence-electron chi connectivity index (χ2n) is 10.7. The van der Waals surface area contributed by atoms with Crippen molar-refractivity contribution in [2.45, 2.75) is 52.3 Å². The summed E-state index contributed by atoms with van der Waals surface area (Å²) in [5.74, 6) is 1.54. The highest BCUT2D eigenvalue weighted by Gasteiger charge is 2.33. The van der Waals surface area contributed by atoms with Gasteiger partial charge in [-0.25, -0.2) is 19.7 Å². The SMILES string of the molecule is CC1COCCN1c1cn(-c2cc(Cl)ccn2)c2ncnc(N3CCN(C(=O)OC(C)(C)C)CC3C)c12. The summed E-state index contributed by atoms with van der Waals surface area (Å²) in [6, 6.07) is 3.81. The summed E-state index contributed by atoms with van der Waals surface area (Å²) in [6.07, 6.45) is 5.08. The van der Waals surface area contributed by atoms with Crippen molar-refractivity contribution < 1.29 is 14.3 Å². The summed E-state index contributed by atoms with van der Waals surface area (Å²) in [7, 11) is 0. The first-order valence-corrected chi connectivity index (χ1v) is 13.1. The Hall–Kier alpha value is -3.11. The van der Waals surface area contributed by atoms with Gasteiger partial charge in [0, 0.05) is 61.7 Å². The molecule has 3 aromatic rings. The first-order chi connectivity index (χ1) is 17.6. The number of ether oxygens (including phenoxy) is 2. The van der Waals surface area contributed by atoms with Crippen molar-refractivity contribution in [3.63, 3.8) is 0 Å². The fraction of sp³-hybridized carbons (Fsp3) is 0.538. The molecule has 0 spiro atoms. The quantitative estimate of drug-likeness (QED) is 0.502. The van der Waals surface area contributed by atoms with Crippen molar-refractivity contribution in [2.75, 3.05) is 49.2 Å². The molecule has 2 saturated heterocycles. The minimum absolute atomic E-state index is 0.0296. The lowest BCUT2D eigenvalue weighted by Crippen LogP contribution is -2.55. The predicted molar refractivity (Wildman–Crippen MR) is 144 cm³/mol. The Bertz CT molecular complexity index is 1290. The van der Waals surface area contributed by atoms with E-state index in [1.807, 2.05) is 31.4 Å². The standard InChI is InChI=1S/C26H34ClN7O3/c1-17-13-31(25(35)37-26(3,4)5)8-9-33(17)23-22-20(32-10-11-36-15-18(32)2)14-34(24(22)30-16-29-23)21-12-19(27)6-7-28-21/h6-7,12,14,16-18H,8-11,13,15H2,1-5H3. The average molecular weight is 528 g/mol.